The van der Waals surface area contributed by atoms with Gasteiger partial charge in [0.05, 0.1) is 19.0 Å². The Hall–Kier alpha value is -3.42. The Labute approximate surface area is 136 Å². The van der Waals surface area contributed by atoms with E-state index in [1.807, 2.05) is 24.3 Å². The summed E-state index contributed by atoms with van der Waals surface area (Å²) in [7, 11) is 1.33. The van der Waals surface area contributed by atoms with Gasteiger partial charge in [-0.25, -0.2) is 14.3 Å². The van der Waals surface area contributed by atoms with E-state index < -0.39 is 5.97 Å². The van der Waals surface area contributed by atoms with E-state index in [4.69, 9.17) is 0 Å². The van der Waals surface area contributed by atoms with Crippen molar-refractivity contribution in [1.82, 2.24) is 14.6 Å². The van der Waals surface area contributed by atoms with Gasteiger partial charge in [-0.1, -0.05) is 12.1 Å². The first kappa shape index (κ1) is 15.5. The van der Waals surface area contributed by atoms with Crippen LogP contribution >= 0.6 is 0 Å². The Morgan fingerprint density at radius 2 is 2.17 bits per heavy atom. The number of aromatic carboxylic acids is 1. The molecule has 1 aromatic carbocycles. The number of hydrogen-bond acceptors (Lipinski definition) is 6. The zero-order chi connectivity index (χ0) is 17.1. The molecule has 0 saturated heterocycles. The van der Waals surface area contributed by atoms with Crippen LogP contribution in [0.25, 0.3) is 16.9 Å². The second-order valence-electron chi connectivity index (χ2n) is 4.94. The molecule has 8 nitrogen and oxygen atoms in total. The summed E-state index contributed by atoms with van der Waals surface area (Å²) in [4.78, 5) is 26.5. The van der Waals surface area contributed by atoms with Crippen LogP contribution in [0.5, 0.6) is 0 Å². The fraction of sp³-hybridized carbons (Fsp3) is 0.125. The van der Waals surface area contributed by atoms with E-state index in [1.54, 1.807) is 6.07 Å². The average Bonchev–Trinajstić information content (AvgIpc) is 3.04. The molecule has 0 aliphatic heterocycles. The molecule has 0 bridgehead atoms. The molecule has 0 saturated carbocycles. The largest absolute Gasteiger partial charge is 0.477 e. The molecule has 0 atom stereocenters. The van der Waals surface area contributed by atoms with E-state index in [9.17, 15) is 14.7 Å². The van der Waals surface area contributed by atoms with Gasteiger partial charge in [-0.3, -0.25) is 4.79 Å². The second-order valence-corrected chi connectivity index (χ2v) is 4.94. The number of esters is 1. The molecule has 0 amide bonds. The number of fused-ring (bicyclic) bond motifs is 1. The Bertz CT molecular complexity index is 919. The highest BCUT2D eigenvalue weighted by molar-refractivity contribution is 5.94. The summed E-state index contributed by atoms with van der Waals surface area (Å²) in [5.41, 5.74) is 2.53. The number of nitrogens with zero attached hydrogens (tertiary/aromatic N) is 3. The molecule has 2 N–H and O–H groups in total. The van der Waals surface area contributed by atoms with Crippen molar-refractivity contribution < 1.29 is 19.4 Å². The standard InChI is InChI=1S/C16H14N4O4/c1-24-14(21)9-18-11-4-2-3-10(7-11)13-5-6-17-15-12(16(22)23)8-19-20(13)15/h2-8,18H,9H2,1H3,(H,22,23). The summed E-state index contributed by atoms with van der Waals surface area (Å²) in [5, 5.41) is 16.3. The van der Waals surface area contributed by atoms with Crippen molar-refractivity contribution in [3.8, 4) is 11.3 Å². The van der Waals surface area contributed by atoms with Crippen molar-refractivity contribution in [2.24, 2.45) is 0 Å². The first-order valence-electron chi connectivity index (χ1n) is 7.07. The molecule has 0 unspecified atom stereocenters. The Balaban J connectivity index is 1.99. The number of benzene rings is 1. The van der Waals surface area contributed by atoms with E-state index in [2.05, 4.69) is 20.1 Å². The Morgan fingerprint density at radius 3 is 2.92 bits per heavy atom. The number of carbonyl (C=O) groups is 2. The number of nitrogens with one attached hydrogen (secondary N) is 1. The van der Waals surface area contributed by atoms with Gasteiger partial charge in [0, 0.05) is 17.4 Å². The molecule has 8 heteroatoms. The summed E-state index contributed by atoms with van der Waals surface area (Å²) < 4.78 is 6.07. The highest BCUT2D eigenvalue weighted by Crippen LogP contribution is 2.23. The van der Waals surface area contributed by atoms with Gasteiger partial charge in [0.2, 0.25) is 0 Å². The van der Waals surface area contributed by atoms with Crippen LogP contribution in [0.15, 0.2) is 42.7 Å². The highest BCUT2D eigenvalue weighted by atomic mass is 16.5. The third-order valence-corrected chi connectivity index (χ3v) is 3.45. The minimum Gasteiger partial charge on any atom is -0.477 e. The fourth-order valence-corrected chi connectivity index (χ4v) is 2.30. The maximum absolute atomic E-state index is 11.2. The Kier molecular flexibility index (Phi) is 4.11. The van der Waals surface area contributed by atoms with Crippen molar-refractivity contribution in [3.05, 3.63) is 48.3 Å². The topological polar surface area (TPSA) is 106 Å². The third-order valence-electron chi connectivity index (χ3n) is 3.45. The quantitative estimate of drug-likeness (QED) is 0.687. The van der Waals surface area contributed by atoms with E-state index in [-0.39, 0.29) is 23.7 Å². The van der Waals surface area contributed by atoms with Crippen LogP contribution in [0.4, 0.5) is 5.69 Å². The van der Waals surface area contributed by atoms with E-state index in [1.165, 1.54) is 24.0 Å². The molecule has 3 aromatic rings. The molecule has 0 aliphatic rings. The van der Waals surface area contributed by atoms with Gasteiger partial charge in [-0.2, -0.15) is 5.10 Å². The van der Waals surface area contributed by atoms with Gasteiger partial charge in [0.15, 0.2) is 5.65 Å². The van der Waals surface area contributed by atoms with Crippen LogP contribution in [0, 0.1) is 0 Å². The number of carboxylic acid groups (broad SMARTS) is 1. The van der Waals surface area contributed by atoms with E-state index in [0.717, 1.165) is 11.3 Å². The van der Waals surface area contributed by atoms with Crippen LogP contribution in [0.1, 0.15) is 10.4 Å². The molecule has 24 heavy (non-hydrogen) atoms. The number of carbonyl (C=O) groups excluding carboxylic acids is 1. The van der Waals surface area contributed by atoms with Gasteiger partial charge in [0.1, 0.15) is 12.1 Å². The number of anilines is 1. The zero-order valence-corrected chi connectivity index (χ0v) is 12.8. The maximum Gasteiger partial charge on any atom is 0.341 e. The summed E-state index contributed by atoms with van der Waals surface area (Å²) >= 11 is 0. The summed E-state index contributed by atoms with van der Waals surface area (Å²) in [6, 6.07) is 9.07. The monoisotopic (exact) mass is 326 g/mol. The smallest absolute Gasteiger partial charge is 0.341 e. The molecular weight excluding hydrogens is 312 g/mol. The van der Waals surface area contributed by atoms with Crippen LogP contribution in [-0.2, 0) is 9.53 Å². The molecule has 122 valence electrons. The number of carboxylic acids is 1. The van der Waals surface area contributed by atoms with Gasteiger partial charge < -0.3 is 15.2 Å². The lowest BCUT2D eigenvalue weighted by Gasteiger charge is -2.09. The zero-order valence-electron chi connectivity index (χ0n) is 12.8. The molecule has 2 heterocycles. The minimum absolute atomic E-state index is 0.0387. The molecule has 0 aliphatic carbocycles. The maximum atomic E-state index is 11.2. The highest BCUT2D eigenvalue weighted by Gasteiger charge is 2.15. The van der Waals surface area contributed by atoms with Crippen molar-refractivity contribution in [2.45, 2.75) is 0 Å². The van der Waals surface area contributed by atoms with Crippen molar-refractivity contribution >= 4 is 23.3 Å². The number of aromatic nitrogens is 3. The van der Waals surface area contributed by atoms with Gasteiger partial charge in [-0.05, 0) is 18.2 Å². The molecule has 3 rings (SSSR count). The third kappa shape index (κ3) is 2.89. The second kappa shape index (κ2) is 6.37. The predicted molar refractivity (Wildman–Crippen MR) is 85.9 cm³/mol. The van der Waals surface area contributed by atoms with Gasteiger partial charge in [-0.15, -0.1) is 0 Å². The van der Waals surface area contributed by atoms with Gasteiger partial charge in [0.25, 0.3) is 0 Å². The normalized spacial score (nSPS) is 10.5. The molecule has 0 fully saturated rings. The summed E-state index contributed by atoms with van der Waals surface area (Å²) in [6.45, 7) is 0.0522. The van der Waals surface area contributed by atoms with E-state index in [0.29, 0.717) is 5.69 Å². The SMILES string of the molecule is COC(=O)CNc1cccc(-c2ccnc3c(C(=O)O)cnn23)c1. The van der Waals surface area contributed by atoms with Crippen LogP contribution in [0.2, 0.25) is 0 Å². The molecular formula is C16H14N4O4. The number of hydrogen-bond donors (Lipinski definition) is 2. The van der Waals surface area contributed by atoms with Crippen molar-refractivity contribution in [1.29, 1.82) is 0 Å². The lowest BCUT2D eigenvalue weighted by atomic mass is 10.1. The summed E-state index contributed by atoms with van der Waals surface area (Å²) in [5.74, 6) is -1.45. The fourth-order valence-electron chi connectivity index (χ4n) is 2.30. The Morgan fingerprint density at radius 1 is 1.33 bits per heavy atom. The average molecular weight is 326 g/mol. The van der Waals surface area contributed by atoms with Crippen molar-refractivity contribution in [3.63, 3.8) is 0 Å². The van der Waals surface area contributed by atoms with E-state index >= 15 is 0 Å². The minimum atomic E-state index is -1.08. The van der Waals surface area contributed by atoms with Crippen LogP contribution in [0.3, 0.4) is 0 Å². The van der Waals surface area contributed by atoms with Crippen LogP contribution < -0.4 is 5.32 Å². The number of methoxy groups -OCH3 is 1. The molecule has 2 aromatic heterocycles. The first-order chi connectivity index (χ1) is 11.6. The lowest BCUT2D eigenvalue weighted by molar-refractivity contribution is -0.138. The first-order valence-corrected chi connectivity index (χ1v) is 7.07. The number of rotatable bonds is 5. The predicted octanol–water partition coefficient (Wildman–Crippen LogP) is 1.68. The van der Waals surface area contributed by atoms with Crippen LogP contribution in [-0.4, -0.2) is 45.3 Å². The molecule has 0 spiro atoms. The molecule has 0 radical (unpaired) electrons. The van der Waals surface area contributed by atoms with Gasteiger partial charge >= 0.3 is 11.9 Å². The van der Waals surface area contributed by atoms with Crippen molar-refractivity contribution in [2.75, 3.05) is 19.0 Å². The lowest BCUT2D eigenvalue weighted by Crippen LogP contribution is -2.14. The number of ether oxygens (including phenoxy) is 1. The summed E-state index contributed by atoms with van der Waals surface area (Å²) in [6.07, 6.45) is 2.81.